The van der Waals surface area contributed by atoms with Crippen LogP contribution in [0.15, 0.2) is 46.1 Å². The molecule has 3 N–H and O–H groups in total. The number of hydrogen-bond donors (Lipinski definition) is 2. The zero-order valence-electron chi connectivity index (χ0n) is 14.7. The van der Waals surface area contributed by atoms with E-state index in [0.717, 1.165) is 16.0 Å². The van der Waals surface area contributed by atoms with Crippen LogP contribution >= 0.6 is 15.9 Å². The first-order valence-corrected chi connectivity index (χ1v) is 8.58. The maximum Gasteiger partial charge on any atom is 0.379 e. The van der Waals surface area contributed by atoms with Crippen LogP contribution < -0.4 is 11.1 Å². The van der Waals surface area contributed by atoms with E-state index in [1.807, 2.05) is 12.1 Å². The molecule has 1 aromatic heterocycles. The van der Waals surface area contributed by atoms with E-state index in [1.165, 1.54) is 6.07 Å². The second-order valence-electron chi connectivity index (χ2n) is 5.10. The number of ether oxygens (including phenoxy) is 1. The van der Waals surface area contributed by atoms with Crippen molar-refractivity contribution in [2.24, 2.45) is 10.7 Å². The van der Waals surface area contributed by atoms with E-state index in [-0.39, 0.29) is 17.9 Å². The Kier molecular flexibility index (Phi) is 10.2. The molecule has 28 heavy (non-hydrogen) atoms. The van der Waals surface area contributed by atoms with Gasteiger partial charge in [0, 0.05) is 29.6 Å². The molecule has 1 atom stereocenters. The van der Waals surface area contributed by atoms with Crippen molar-refractivity contribution in [1.29, 1.82) is 0 Å². The van der Waals surface area contributed by atoms with Gasteiger partial charge in [-0.05, 0) is 46.3 Å². The Hall–Kier alpha value is -2.43. The summed E-state index contributed by atoms with van der Waals surface area (Å²) in [4.78, 5) is 8.23. The smallest absolute Gasteiger partial charge is 0.379 e. The maximum absolute atomic E-state index is 14.1. The number of nitrogens with zero attached hydrogens (tertiary/aromatic N) is 2. The predicted molar refractivity (Wildman–Crippen MR) is 101 cm³/mol. The number of nitrogens with one attached hydrogen (secondary N) is 1. The molecule has 0 radical (unpaired) electrons. The summed E-state index contributed by atoms with van der Waals surface area (Å²) in [6.07, 6.45) is 2.28. The highest BCUT2D eigenvalue weighted by Crippen LogP contribution is 2.30. The van der Waals surface area contributed by atoms with Crippen molar-refractivity contribution in [3.8, 4) is 0 Å². The molecule has 1 unspecified atom stereocenters. The summed E-state index contributed by atoms with van der Waals surface area (Å²) in [6, 6.07) is 8.31. The van der Waals surface area contributed by atoms with Gasteiger partial charge >= 0.3 is 6.68 Å². The van der Waals surface area contributed by atoms with Gasteiger partial charge in [-0.3, -0.25) is 4.39 Å². The van der Waals surface area contributed by atoms with Crippen molar-refractivity contribution >= 4 is 33.3 Å². The van der Waals surface area contributed by atoms with E-state index < -0.39 is 6.68 Å². The van der Waals surface area contributed by atoms with Crippen molar-refractivity contribution < 1.29 is 26.7 Å². The van der Waals surface area contributed by atoms with Crippen LogP contribution in [0.25, 0.3) is 0 Å². The van der Waals surface area contributed by atoms with Gasteiger partial charge in [0.15, 0.2) is 0 Å². The molecule has 0 spiro atoms. The molecule has 0 aliphatic carbocycles. The molecule has 154 valence electrons. The highest BCUT2D eigenvalue weighted by atomic mass is 79.9. The third-order valence-electron chi connectivity index (χ3n) is 3.29. The Bertz CT molecular complexity index is 776. The number of aliphatic imine (C=N–C) groups is 1. The molecule has 0 amide bonds. The van der Waals surface area contributed by atoms with Gasteiger partial charge in [0.2, 0.25) is 0 Å². The van der Waals surface area contributed by atoms with Crippen LogP contribution in [0, 0.1) is 5.82 Å². The average Bonchev–Trinajstić information content (AvgIpc) is 2.64. The normalized spacial score (nSPS) is 15.3. The van der Waals surface area contributed by atoms with Gasteiger partial charge in [-0.25, -0.2) is 14.4 Å². The van der Waals surface area contributed by atoms with Gasteiger partial charge < -0.3 is 15.8 Å². The minimum Gasteiger partial charge on any atom is -0.465 e. The lowest BCUT2D eigenvalue weighted by atomic mass is 10.0. The third kappa shape index (κ3) is 8.07. The fourth-order valence-corrected chi connectivity index (χ4v) is 2.64. The monoisotopic (exact) mass is 468 g/mol. The topological polar surface area (TPSA) is 72.5 Å². The van der Waals surface area contributed by atoms with Gasteiger partial charge in [-0.2, -0.15) is 13.2 Å². The largest absolute Gasteiger partial charge is 0.465 e. The summed E-state index contributed by atoms with van der Waals surface area (Å²) in [5.41, 5.74) is 7.70. The molecule has 1 aliphatic heterocycles. The number of nitrogens with two attached hydrogens (primary N) is 1. The van der Waals surface area contributed by atoms with Crippen molar-refractivity contribution in [2.75, 3.05) is 19.1 Å². The van der Waals surface area contributed by atoms with Crippen molar-refractivity contribution in [3.63, 3.8) is 0 Å². The van der Waals surface area contributed by atoms with Crippen LogP contribution in [-0.4, -0.2) is 31.5 Å². The number of pyridine rings is 1. The molecule has 2 heterocycles. The number of rotatable bonds is 3. The number of aromatic nitrogens is 1. The van der Waals surface area contributed by atoms with E-state index in [4.69, 9.17) is 10.5 Å². The van der Waals surface area contributed by atoms with Crippen LogP contribution in [0.1, 0.15) is 18.0 Å². The zero-order valence-corrected chi connectivity index (χ0v) is 16.3. The van der Waals surface area contributed by atoms with Crippen LogP contribution in [-0.2, 0) is 4.74 Å². The van der Waals surface area contributed by atoms with Crippen molar-refractivity contribution in [2.45, 2.75) is 19.1 Å². The molecule has 5 nitrogen and oxygen atoms in total. The molecule has 0 saturated heterocycles. The Morgan fingerprint density at radius 2 is 1.82 bits per heavy atom. The molecular formula is C17H18BrF5N4O. The predicted octanol–water partition coefficient (Wildman–Crippen LogP) is 5.27. The molecule has 0 fully saturated rings. The first-order chi connectivity index (χ1) is 13.3. The number of halogens is 6. The first kappa shape index (κ1) is 23.6. The van der Waals surface area contributed by atoms with Crippen LogP contribution in [0.4, 0.5) is 33.3 Å². The summed E-state index contributed by atoms with van der Waals surface area (Å²) in [5, 5.41) is 3.22. The third-order valence-corrected chi connectivity index (χ3v) is 3.73. The first-order valence-electron chi connectivity index (χ1n) is 7.79. The van der Waals surface area contributed by atoms with Crippen LogP contribution in [0.5, 0.6) is 0 Å². The summed E-state index contributed by atoms with van der Waals surface area (Å²) in [5.74, 6) is -0.301. The van der Waals surface area contributed by atoms with E-state index in [2.05, 4.69) is 31.2 Å². The summed E-state index contributed by atoms with van der Waals surface area (Å²) in [7, 11) is 0.500. The standard InChI is InChI=1S/C15H14BrFN4O.CHF3.CH3F/c16-14-8-10(3-5-19-14)20-9-1-2-12(17)11(7-9)13-4-6-22-15(18)21-13;2-1(3)4;1-2/h1-3,5,7-8,13H,4,6H2,(H2,18,21)(H,19,20);1H;1H3. The Morgan fingerprint density at radius 1 is 1.18 bits per heavy atom. The van der Waals surface area contributed by atoms with Gasteiger partial charge in [0.25, 0.3) is 6.02 Å². The second kappa shape index (κ2) is 12.1. The summed E-state index contributed by atoms with van der Waals surface area (Å²) >= 11 is 3.31. The van der Waals surface area contributed by atoms with E-state index in [9.17, 15) is 22.0 Å². The average molecular weight is 469 g/mol. The highest BCUT2D eigenvalue weighted by Gasteiger charge is 2.20. The van der Waals surface area contributed by atoms with Gasteiger partial charge in [0.1, 0.15) is 10.4 Å². The molecule has 0 bridgehead atoms. The van der Waals surface area contributed by atoms with E-state index in [0.29, 0.717) is 25.8 Å². The fraction of sp³-hybridized carbons (Fsp3) is 0.294. The van der Waals surface area contributed by atoms with Crippen molar-refractivity contribution in [1.82, 2.24) is 4.98 Å². The molecule has 1 aromatic carbocycles. The SMILES string of the molecule is CF.FC(F)F.NC1=NC(c2cc(Nc3ccnc(Br)c3)ccc2F)CCO1. The Labute approximate surface area is 166 Å². The maximum atomic E-state index is 14.1. The molecular weight excluding hydrogens is 451 g/mol. The highest BCUT2D eigenvalue weighted by molar-refractivity contribution is 9.10. The van der Waals surface area contributed by atoms with E-state index >= 15 is 0 Å². The van der Waals surface area contributed by atoms with Crippen LogP contribution in [0.3, 0.4) is 0 Å². The Morgan fingerprint density at radius 3 is 2.43 bits per heavy atom. The van der Waals surface area contributed by atoms with Crippen LogP contribution in [0.2, 0.25) is 0 Å². The number of anilines is 2. The number of hydrogen-bond acceptors (Lipinski definition) is 5. The lowest BCUT2D eigenvalue weighted by molar-refractivity contribution is 0.00819. The summed E-state index contributed by atoms with van der Waals surface area (Å²) < 4.78 is 58.4. The second-order valence-corrected chi connectivity index (χ2v) is 5.91. The van der Waals surface area contributed by atoms with E-state index in [1.54, 1.807) is 18.3 Å². The summed E-state index contributed by atoms with van der Waals surface area (Å²) in [6.45, 7) is -3.23. The lowest BCUT2D eigenvalue weighted by Gasteiger charge is -2.20. The number of amidine groups is 1. The molecule has 3 rings (SSSR count). The lowest BCUT2D eigenvalue weighted by Crippen LogP contribution is -2.24. The number of alkyl halides is 4. The van der Waals surface area contributed by atoms with Crippen molar-refractivity contribution in [3.05, 3.63) is 52.5 Å². The number of benzene rings is 1. The quantitative estimate of drug-likeness (QED) is 0.475. The fourth-order valence-electron chi connectivity index (χ4n) is 2.28. The Balaban J connectivity index is 0.000000583. The van der Waals surface area contributed by atoms with Gasteiger partial charge in [0.05, 0.1) is 19.8 Å². The van der Waals surface area contributed by atoms with Gasteiger partial charge in [-0.15, -0.1) is 0 Å². The van der Waals surface area contributed by atoms with Gasteiger partial charge in [-0.1, -0.05) is 0 Å². The zero-order chi connectivity index (χ0) is 21.1. The molecule has 2 aromatic rings. The molecule has 1 aliphatic rings. The molecule has 11 heteroatoms. The minimum absolute atomic E-state index is 0.104. The molecule has 0 saturated carbocycles. The minimum atomic E-state index is -3.67.